The Bertz CT molecular complexity index is 842. The SMILES string of the molecule is O=C1NC(c2ccncc2)C2C(=O)NC(=O)N(Cc3ccccc3)C2N1. The van der Waals surface area contributed by atoms with E-state index in [2.05, 4.69) is 20.9 Å². The Morgan fingerprint density at radius 2 is 1.69 bits per heavy atom. The second-order valence-electron chi connectivity index (χ2n) is 6.25. The molecule has 2 aliphatic rings. The van der Waals surface area contributed by atoms with E-state index in [0.29, 0.717) is 0 Å². The van der Waals surface area contributed by atoms with Gasteiger partial charge in [0.05, 0.1) is 6.04 Å². The van der Waals surface area contributed by atoms with Gasteiger partial charge in [-0.15, -0.1) is 0 Å². The first-order valence-corrected chi connectivity index (χ1v) is 8.26. The van der Waals surface area contributed by atoms with Gasteiger partial charge in [0.1, 0.15) is 12.1 Å². The van der Waals surface area contributed by atoms with Crippen molar-refractivity contribution in [3.05, 3.63) is 66.0 Å². The molecule has 8 heteroatoms. The maximum atomic E-state index is 12.6. The van der Waals surface area contributed by atoms with Crippen LogP contribution in [0, 0.1) is 5.92 Å². The molecule has 5 amide bonds. The zero-order valence-corrected chi connectivity index (χ0v) is 13.8. The minimum atomic E-state index is -0.733. The van der Waals surface area contributed by atoms with Gasteiger partial charge < -0.3 is 10.6 Å². The fourth-order valence-electron chi connectivity index (χ4n) is 3.44. The number of imide groups is 1. The van der Waals surface area contributed by atoms with Gasteiger partial charge in [0.25, 0.3) is 0 Å². The zero-order valence-electron chi connectivity index (χ0n) is 13.8. The van der Waals surface area contributed by atoms with Crippen LogP contribution in [-0.4, -0.2) is 34.0 Å². The lowest BCUT2D eigenvalue weighted by molar-refractivity contribution is -0.130. The van der Waals surface area contributed by atoms with Crippen LogP contribution in [-0.2, 0) is 11.3 Å². The topological polar surface area (TPSA) is 103 Å². The number of nitrogens with one attached hydrogen (secondary N) is 3. The Morgan fingerprint density at radius 3 is 2.42 bits per heavy atom. The number of carbonyl (C=O) groups excluding carboxylic acids is 3. The average molecular weight is 351 g/mol. The Hall–Kier alpha value is -3.42. The van der Waals surface area contributed by atoms with Crippen molar-refractivity contribution in [3.8, 4) is 0 Å². The minimum absolute atomic E-state index is 0.282. The molecule has 1 aromatic carbocycles. The minimum Gasteiger partial charge on any atom is -0.330 e. The van der Waals surface area contributed by atoms with E-state index in [9.17, 15) is 14.4 Å². The maximum absolute atomic E-state index is 12.6. The Balaban J connectivity index is 1.69. The van der Waals surface area contributed by atoms with Crippen LogP contribution in [0.4, 0.5) is 9.59 Å². The molecular formula is C18H17N5O3. The second-order valence-corrected chi connectivity index (χ2v) is 6.25. The summed E-state index contributed by atoms with van der Waals surface area (Å²) in [6.45, 7) is 0.282. The standard InChI is InChI=1S/C18H17N5O3/c24-16-13-14(12-6-8-19-9-7-12)20-17(25)21-15(13)23(18(26)22-16)10-11-4-2-1-3-5-11/h1-9,13-15H,10H2,(H2,20,21,25)(H,22,24,26). The molecule has 2 fully saturated rings. The van der Waals surface area contributed by atoms with Gasteiger partial charge in [-0.3, -0.25) is 20.0 Å². The Morgan fingerprint density at radius 1 is 0.962 bits per heavy atom. The normalized spacial score (nSPS) is 25.0. The molecule has 1 aromatic heterocycles. The molecule has 2 aromatic rings. The summed E-state index contributed by atoms with van der Waals surface area (Å²) in [6, 6.07) is 11.4. The number of nitrogens with zero attached hydrogens (tertiary/aromatic N) is 2. The number of fused-ring (bicyclic) bond motifs is 1. The second kappa shape index (κ2) is 6.47. The van der Waals surface area contributed by atoms with Gasteiger partial charge in [-0.1, -0.05) is 30.3 Å². The van der Waals surface area contributed by atoms with Crippen molar-refractivity contribution in [3.63, 3.8) is 0 Å². The molecule has 0 radical (unpaired) electrons. The number of hydrogen-bond donors (Lipinski definition) is 3. The predicted octanol–water partition coefficient (Wildman–Crippen LogP) is 1.13. The van der Waals surface area contributed by atoms with Crippen LogP contribution in [0.15, 0.2) is 54.9 Å². The number of carbonyl (C=O) groups is 3. The van der Waals surface area contributed by atoms with Gasteiger partial charge in [0.2, 0.25) is 5.91 Å². The summed E-state index contributed by atoms with van der Waals surface area (Å²) in [6.07, 6.45) is 2.47. The van der Waals surface area contributed by atoms with Crippen LogP contribution in [0.2, 0.25) is 0 Å². The monoisotopic (exact) mass is 351 g/mol. The van der Waals surface area contributed by atoms with E-state index in [0.717, 1.165) is 11.1 Å². The van der Waals surface area contributed by atoms with E-state index in [4.69, 9.17) is 0 Å². The van der Waals surface area contributed by atoms with Gasteiger partial charge in [-0.25, -0.2) is 9.59 Å². The van der Waals surface area contributed by atoms with Crippen LogP contribution in [0.5, 0.6) is 0 Å². The third-order valence-electron chi connectivity index (χ3n) is 4.66. The average Bonchev–Trinajstić information content (AvgIpc) is 2.66. The van der Waals surface area contributed by atoms with E-state index in [1.807, 2.05) is 30.3 Å². The summed E-state index contributed by atoms with van der Waals surface area (Å²) in [5, 5.41) is 7.92. The molecule has 3 atom stereocenters. The van der Waals surface area contributed by atoms with Crippen molar-refractivity contribution in [2.75, 3.05) is 0 Å². The first-order chi connectivity index (χ1) is 12.6. The number of benzene rings is 1. The van der Waals surface area contributed by atoms with Crippen LogP contribution in [0.3, 0.4) is 0 Å². The van der Waals surface area contributed by atoms with E-state index in [-0.39, 0.29) is 6.54 Å². The quantitative estimate of drug-likeness (QED) is 0.771. The highest BCUT2D eigenvalue weighted by molar-refractivity contribution is 6.00. The Labute approximate surface area is 149 Å². The summed E-state index contributed by atoms with van der Waals surface area (Å²) < 4.78 is 0. The molecule has 0 aliphatic carbocycles. The van der Waals surface area contributed by atoms with Gasteiger partial charge >= 0.3 is 12.1 Å². The fourth-order valence-corrected chi connectivity index (χ4v) is 3.44. The lowest BCUT2D eigenvalue weighted by Gasteiger charge is -2.46. The lowest BCUT2D eigenvalue weighted by Crippen LogP contribution is -2.71. The van der Waals surface area contributed by atoms with E-state index in [1.54, 1.807) is 24.5 Å². The third-order valence-corrected chi connectivity index (χ3v) is 4.66. The molecule has 26 heavy (non-hydrogen) atoms. The van der Waals surface area contributed by atoms with Crippen molar-refractivity contribution in [1.29, 1.82) is 0 Å². The summed E-state index contributed by atoms with van der Waals surface area (Å²) in [7, 11) is 0. The molecule has 2 saturated heterocycles. The number of aromatic nitrogens is 1. The number of pyridine rings is 1. The molecule has 3 heterocycles. The summed E-state index contributed by atoms with van der Waals surface area (Å²) in [5.41, 5.74) is 1.66. The molecule has 3 N–H and O–H groups in total. The lowest BCUT2D eigenvalue weighted by atomic mass is 9.86. The van der Waals surface area contributed by atoms with Crippen LogP contribution in [0.25, 0.3) is 0 Å². The molecule has 2 aliphatic heterocycles. The van der Waals surface area contributed by atoms with Crippen LogP contribution in [0.1, 0.15) is 17.2 Å². The number of amides is 5. The van der Waals surface area contributed by atoms with Crippen molar-refractivity contribution in [2.24, 2.45) is 5.92 Å². The summed E-state index contributed by atoms with van der Waals surface area (Å²) in [5.74, 6) is -1.07. The highest BCUT2D eigenvalue weighted by atomic mass is 16.2. The smallest absolute Gasteiger partial charge is 0.326 e. The highest BCUT2D eigenvalue weighted by Gasteiger charge is 2.49. The summed E-state index contributed by atoms with van der Waals surface area (Å²) >= 11 is 0. The highest BCUT2D eigenvalue weighted by Crippen LogP contribution is 2.32. The molecule has 0 bridgehead atoms. The fraction of sp³-hybridized carbons (Fsp3) is 0.222. The van der Waals surface area contributed by atoms with Crippen LogP contribution < -0.4 is 16.0 Å². The Kier molecular flexibility index (Phi) is 4.00. The van der Waals surface area contributed by atoms with Crippen LogP contribution >= 0.6 is 0 Å². The number of rotatable bonds is 3. The van der Waals surface area contributed by atoms with Gasteiger partial charge in [-0.05, 0) is 23.3 Å². The van der Waals surface area contributed by atoms with Gasteiger partial charge in [-0.2, -0.15) is 0 Å². The predicted molar refractivity (Wildman–Crippen MR) is 91.4 cm³/mol. The van der Waals surface area contributed by atoms with Gasteiger partial charge in [0, 0.05) is 18.9 Å². The largest absolute Gasteiger partial charge is 0.330 e. The molecular weight excluding hydrogens is 334 g/mol. The van der Waals surface area contributed by atoms with Crippen molar-refractivity contribution in [2.45, 2.75) is 18.8 Å². The van der Waals surface area contributed by atoms with Gasteiger partial charge in [0.15, 0.2) is 0 Å². The number of urea groups is 2. The molecule has 132 valence electrons. The molecule has 0 saturated carbocycles. The maximum Gasteiger partial charge on any atom is 0.326 e. The summed E-state index contributed by atoms with van der Waals surface area (Å²) in [4.78, 5) is 42.6. The molecule has 0 spiro atoms. The third kappa shape index (κ3) is 2.85. The van der Waals surface area contributed by atoms with E-state index >= 15 is 0 Å². The molecule has 3 unspecified atom stereocenters. The molecule has 8 nitrogen and oxygen atoms in total. The van der Waals surface area contributed by atoms with Crippen molar-refractivity contribution >= 4 is 18.0 Å². The van der Waals surface area contributed by atoms with Crippen molar-refractivity contribution in [1.82, 2.24) is 25.8 Å². The van der Waals surface area contributed by atoms with E-state index in [1.165, 1.54) is 4.90 Å². The zero-order chi connectivity index (χ0) is 18.1. The molecule has 4 rings (SSSR count). The first kappa shape index (κ1) is 16.1. The van der Waals surface area contributed by atoms with Crippen molar-refractivity contribution < 1.29 is 14.4 Å². The van der Waals surface area contributed by atoms with E-state index < -0.39 is 36.1 Å². The number of hydrogen-bond acceptors (Lipinski definition) is 4. The first-order valence-electron chi connectivity index (χ1n) is 8.26.